The normalized spacial score (nSPS) is 25.7. The fourth-order valence-electron chi connectivity index (χ4n) is 1.52. The van der Waals surface area contributed by atoms with Crippen LogP contribution < -0.4 is 0 Å². The second-order valence-corrected chi connectivity index (χ2v) is 4.94. The number of carbonyl (C=O) groups is 1. The zero-order chi connectivity index (χ0) is 9.42. The lowest BCUT2D eigenvalue weighted by Gasteiger charge is -1.98. The van der Waals surface area contributed by atoms with Gasteiger partial charge in [-0.2, -0.15) is 0 Å². The Balaban J connectivity index is 2.17. The molecule has 0 aliphatic heterocycles. The van der Waals surface area contributed by atoms with Crippen molar-refractivity contribution in [2.75, 3.05) is 0 Å². The van der Waals surface area contributed by atoms with Gasteiger partial charge in [-0.15, -0.1) is 0 Å². The third-order valence-electron chi connectivity index (χ3n) is 2.57. The molecule has 1 aromatic carbocycles. The Kier molecular flexibility index (Phi) is 2.41. The lowest BCUT2D eigenvalue weighted by Crippen LogP contribution is -2.02. The molecule has 1 fully saturated rings. The average molecular weight is 286 g/mol. The molecule has 2 rings (SSSR count). The number of carbonyl (C=O) groups excluding carboxylic acids is 1. The Morgan fingerprint density at radius 3 is 2.38 bits per heavy atom. The quantitative estimate of drug-likeness (QED) is 0.603. The van der Waals surface area contributed by atoms with Crippen LogP contribution in [0.3, 0.4) is 0 Å². The van der Waals surface area contributed by atoms with Crippen LogP contribution in [-0.4, -0.2) is 5.78 Å². The molecule has 0 spiro atoms. The first kappa shape index (κ1) is 9.19. The summed E-state index contributed by atoms with van der Waals surface area (Å²) in [6, 6.07) is 7.83. The monoisotopic (exact) mass is 286 g/mol. The second-order valence-electron chi connectivity index (χ2n) is 3.69. The molecule has 2 atom stereocenters. The Morgan fingerprint density at radius 1 is 1.38 bits per heavy atom. The molecule has 0 radical (unpaired) electrons. The van der Waals surface area contributed by atoms with Crippen LogP contribution in [-0.2, 0) is 0 Å². The van der Waals surface area contributed by atoms with Crippen LogP contribution in [0.1, 0.15) is 23.7 Å². The van der Waals surface area contributed by atoms with Crippen LogP contribution in [0.15, 0.2) is 24.3 Å². The van der Waals surface area contributed by atoms with E-state index in [1.807, 2.05) is 24.3 Å². The predicted molar refractivity (Wildman–Crippen MR) is 60.8 cm³/mol. The van der Waals surface area contributed by atoms with Crippen molar-refractivity contribution in [3.05, 3.63) is 33.4 Å². The van der Waals surface area contributed by atoms with Gasteiger partial charge in [0.05, 0.1) is 0 Å². The average Bonchev–Trinajstić information content (AvgIpc) is 2.83. The van der Waals surface area contributed by atoms with Gasteiger partial charge in [0.1, 0.15) is 0 Å². The van der Waals surface area contributed by atoms with Crippen molar-refractivity contribution in [3.8, 4) is 0 Å². The lowest BCUT2D eigenvalue weighted by molar-refractivity contribution is 0.0962. The molecule has 2 unspecified atom stereocenters. The highest BCUT2D eigenvalue weighted by atomic mass is 127. The SMILES string of the molecule is CC1CC1C(=O)c1ccc(I)cc1. The number of benzene rings is 1. The third kappa shape index (κ3) is 1.93. The Morgan fingerprint density at radius 2 is 1.92 bits per heavy atom. The first-order valence-electron chi connectivity index (χ1n) is 4.48. The molecule has 68 valence electrons. The van der Waals surface area contributed by atoms with E-state index in [4.69, 9.17) is 0 Å². The number of hydrogen-bond donors (Lipinski definition) is 0. The first-order valence-corrected chi connectivity index (χ1v) is 5.56. The molecular weight excluding hydrogens is 275 g/mol. The van der Waals surface area contributed by atoms with Gasteiger partial charge in [-0.1, -0.05) is 19.1 Å². The fourth-order valence-corrected chi connectivity index (χ4v) is 1.88. The van der Waals surface area contributed by atoms with Crippen molar-refractivity contribution < 1.29 is 4.79 Å². The summed E-state index contributed by atoms with van der Waals surface area (Å²) in [7, 11) is 0. The van der Waals surface area contributed by atoms with Crippen LogP contribution in [0.25, 0.3) is 0 Å². The molecule has 1 aliphatic rings. The minimum absolute atomic E-state index is 0.306. The first-order chi connectivity index (χ1) is 6.18. The van der Waals surface area contributed by atoms with Crippen molar-refractivity contribution in [3.63, 3.8) is 0 Å². The molecule has 0 heterocycles. The van der Waals surface area contributed by atoms with Gasteiger partial charge in [0.15, 0.2) is 5.78 Å². The smallest absolute Gasteiger partial charge is 0.166 e. The summed E-state index contributed by atoms with van der Waals surface area (Å²) >= 11 is 2.25. The van der Waals surface area contributed by atoms with E-state index in [2.05, 4.69) is 29.5 Å². The summed E-state index contributed by atoms with van der Waals surface area (Å²) in [5.74, 6) is 1.23. The fraction of sp³-hybridized carbons (Fsp3) is 0.364. The van der Waals surface area contributed by atoms with Gasteiger partial charge in [0.25, 0.3) is 0 Å². The van der Waals surface area contributed by atoms with Crippen LogP contribution in [0.5, 0.6) is 0 Å². The van der Waals surface area contributed by atoms with Crippen LogP contribution in [0.2, 0.25) is 0 Å². The van der Waals surface area contributed by atoms with Gasteiger partial charge in [-0.25, -0.2) is 0 Å². The number of Topliss-reactive ketones (excluding diaryl/α,β-unsaturated/α-hetero) is 1. The molecule has 1 nitrogen and oxygen atoms in total. The van der Waals surface area contributed by atoms with Gasteiger partial charge in [-0.3, -0.25) is 4.79 Å². The predicted octanol–water partition coefficient (Wildman–Crippen LogP) is 3.13. The highest BCUT2D eigenvalue weighted by molar-refractivity contribution is 14.1. The maximum atomic E-state index is 11.7. The van der Waals surface area contributed by atoms with Crippen molar-refractivity contribution >= 4 is 28.4 Å². The highest BCUT2D eigenvalue weighted by Gasteiger charge is 2.39. The summed E-state index contributed by atoms with van der Waals surface area (Å²) in [5, 5.41) is 0. The zero-order valence-electron chi connectivity index (χ0n) is 7.46. The third-order valence-corrected chi connectivity index (χ3v) is 3.29. The van der Waals surface area contributed by atoms with E-state index in [-0.39, 0.29) is 0 Å². The van der Waals surface area contributed by atoms with Crippen molar-refractivity contribution in [1.29, 1.82) is 0 Å². The number of rotatable bonds is 2. The standard InChI is InChI=1S/C11H11IO/c1-7-6-10(7)11(13)8-2-4-9(12)5-3-8/h2-5,7,10H,6H2,1H3. The number of hydrogen-bond acceptors (Lipinski definition) is 1. The van der Waals surface area contributed by atoms with Gasteiger partial charge in [0.2, 0.25) is 0 Å². The molecule has 0 N–H and O–H groups in total. The Hall–Kier alpha value is -0.380. The Labute approximate surface area is 91.7 Å². The maximum Gasteiger partial charge on any atom is 0.166 e. The zero-order valence-corrected chi connectivity index (χ0v) is 9.61. The van der Waals surface area contributed by atoms with E-state index in [0.717, 1.165) is 12.0 Å². The molecule has 1 saturated carbocycles. The van der Waals surface area contributed by atoms with Crippen molar-refractivity contribution in [2.45, 2.75) is 13.3 Å². The maximum absolute atomic E-state index is 11.7. The summed E-state index contributed by atoms with van der Waals surface area (Å²) in [6.07, 6.45) is 1.07. The van der Waals surface area contributed by atoms with Gasteiger partial charge in [0, 0.05) is 15.1 Å². The number of halogens is 1. The van der Waals surface area contributed by atoms with Crippen LogP contribution in [0.4, 0.5) is 0 Å². The van der Waals surface area contributed by atoms with E-state index in [1.54, 1.807) is 0 Å². The summed E-state index contributed by atoms with van der Waals surface area (Å²) in [4.78, 5) is 11.7. The molecule has 0 amide bonds. The minimum atomic E-state index is 0.306. The van der Waals surface area contributed by atoms with Gasteiger partial charge >= 0.3 is 0 Å². The molecule has 13 heavy (non-hydrogen) atoms. The largest absolute Gasteiger partial charge is 0.294 e. The van der Waals surface area contributed by atoms with Crippen LogP contribution >= 0.6 is 22.6 Å². The molecule has 1 aliphatic carbocycles. The number of ketones is 1. The molecule has 2 heteroatoms. The second kappa shape index (κ2) is 3.40. The molecule has 1 aromatic rings. The van der Waals surface area contributed by atoms with Crippen molar-refractivity contribution in [2.24, 2.45) is 11.8 Å². The molecule has 0 saturated heterocycles. The van der Waals surface area contributed by atoms with Gasteiger partial charge < -0.3 is 0 Å². The van der Waals surface area contributed by atoms with Gasteiger partial charge in [-0.05, 0) is 47.1 Å². The summed E-state index contributed by atoms with van der Waals surface area (Å²) < 4.78 is 1.18. The lowest BCUT2D eigenvalue weighted by atomic mass is 10.1. The van der Waals surface area contributed by atoms with Crippen LogP contribution in [0, 0.1) is 15.4 Å². The highest BCUT2D eigenvalue weighted by Crippen LogP contribution is 2.40. The van der Waals surface area contributed by atoms with Crippen molar-refractivity contribution in [1.82, 2.24) is 0 Å². The molecular formula is C11H11IO. The Bertz CT molecular complexity index is 328. The van der Waals surface area contributed by atoms with E-state index < -0.39 is 0 Å². The van der Waals surface area contributed by atoms with E-state index in [9.17, 15) is 4.79 Å². The summed E-state index contributed by atoms with van der Waals surface area (Å²) in [6.45, 7) is 2.13. The van der Waals surface area contributed by atoms with E-state index in [0.29, 0.717) is 17.6 Å². The molecule has 0 aromatic heterocycles. The molecule has 0 bridgehead atoms. The van der Waals surface area contributed by atoms with E-state index in [1.165, 1.54) is 3.57 Å². The summed E-state index contributed by atoms with van der Waals surface area (Å²) in [5.41, 5.74) is 0.870. The van der Waals surface area contributed by atoms with E-state index >= 15 is 0 Å². The topological polar surface area (TPSA) is 17.1 Å². The minimum Gasteiger partial charge on any atom is -0.294 e.